The molecular formula is C15H28N2O4. The van der Waals surface area contributed by atoms with E-state index in [0.717, 1.165) is 12.8 Å². The quantitative estimate of drug-likeness (QED) is 0.781. The molecule has 1 atom stereocenters. The number of piperidine rings is 1. The molecule has 21 heavy (non-hydrogen) atoms. The number of aliphatic hydroxyl groups is 1. The van der Waals surface area contributed by atoms with Crippen LogP contribution in [-0.2, 0) is 4.79 Å². The zero-order valence-corrected chi connectivity index (χ0v) is 13.3. The van der Waals surface area contributed by atoms with E-state index in [1.807, 2.05) is 6.92 Å². The van der Waals surface area contributed by atoms with Crippen LogP contribution in [0.3, 0.4) is 0 Å². The molecule has 2 N–H and O–H groups in total. The summed E-state index contributed by atoms with van der Waals surface area (Å²) in [4.78, 5) is 27.4. The molecule has 0 spiro atoms. The van der Waals surface area contributed by atoms with Gasteiger partial charge in [0.1, 0.15) is 0 Å². The van der Waals surface area contributed by atoms with Gasteiger partial charge in [-0.2, -0.15) is 0 Å². The molecule has 1 unspecified atom stereocenters. The number of urea groups is 1. The van der Waals surface area contributed by atoms with Crippen LogP contribution in [0.25, 0.3) is 0 Å². The smallest absolute Gasteiger partial charge is 0.319 e. The summed E-state index contributed by atoms with van der Waals surface area (Å²) in [6.07, 6.45) is 2.24. The van der Waals surface area contributed by atoms with Crippen LogP contribution in [0, 0.1) is 11.3 Å². The van der Waals surface area contributed by atoms with Gasteiger partial charge in [-0.1, -0.05) is 0 Å². The first-order chi connectivity index (χ1) is 9.84. The average molecular weight is 300 g/mol. The van der Waals surface area contributed by atoms with Crippen LogP contribution in [0.1, 0.15) is 40.0 Å². The van der Waals surface area contributed by atoms with Crippen LogP contribution in [0.5, 0.6) is 0 Å². The topological polar surface area (TPSA) is 81.1 Å². The summed E-state index contributed by atoms with van der Waals surface area (Å²) in [5.74, 6) is -0.835. The Hall–Kier alpha value is -1.30. The summed E-state index contributed by atoms with van der Waals surface area (Å²) in [5, 5.41) is 18.2. The van der Waals surface area contributed by atoms with Crippen molar-refractivity contribution in [1.82, 2.24) is 9.80 Å². The third-order valence-electron chi connectivity index (χ3n) is 4.50. The predicted molar refractivity (Wildman–Crippen MR) is 80.1 cm³/mol. The molecule has 1 aliphatic heterocycles. The number of carbonyl (C=O) groups is 2. The molecule has 0 aromatic heterocycles. The fourth-order valence-electron chi connectivity index (χ4n) is 2.77. The molecule has 0 bridgehead atoms. The molecule has 0 aromatic rings. The molecule has 6 nitrogen and oxygen atoms in total. The van der Waals surface area contributed by atoms with Crippen molar-refractivity contribution in [3.63, 3.8) is 0 Å². The molecule has 0 saturated carbocycles. The third-order valence-corrected chi connectivity index (χ3v) is 4.50. The Balaban J connectivity index is 2.71. The van der Waals surface area contributed by atoms with Gasteiger partial charge < -0.3 is 20.0 Å². The van der Waals surface area contributed by atoms with Crippen molar-refractivity contribution in [3.8, 4) is 0 Å². The number of hydrogen-bond donors (Lipinski definition) is 2. The molecule has 2 amide bonds. The second-order valence-electron chi connectivity index (χ2n) is 6.25. The summed E-state index contributed by atoms with van der Waals surface area (Å²) in [6.45, 7) is 7.76. The van der Waals surface area contributed by atoms with E-state index >= 15 is 0 Å². The lowest BCUT2D eigenvalue weighted by Gasteiger charge is -2.40. The van der Waals surface area contributed by atoms with Crippen LogP contribution < -0.4 is 0 Å². The Morgan fingerprint density at radius 3 is 2.57 bits per heavy atom. The number of aliphatic carboxylic acids is 1. The number of carboxylic acids is 1. The van der Waals surface area contributed by atoms with Crippen LogP contribution in [0.2, 0.25) is 0 Å². The Bertz CT molecular complexity index is 371. The lowest BCUT2D eigenvalue weighted by Crippen LogP contribution is -2.51. The second-order valence-corrected chi connectivity index (χ2v) is 6.25. The molecular weight excluding hydrogens is 272 g/mol. The lowest BCUT2D eigenvalue weighted by molar-refractivity contribution is -0.151. The Morgan fingerprint density at radius 1 is 1.38 bits per heavy atom. The van der Waals surface area contributed by atoms with Crippen molar-refractivity contribution in [3.05, 3.63) is 0 Å². The number of aliphatic hydroxyl groups excluding tert-OH is 1. The van der Waals surface area contributed by atoms with E-state index in [-0.39, 0.29) is 18.6 Å². The van der Waals surface area contributed by atoms with Crippen molar-refractivity contribution in [2.24, 2.45) is 11.3 Å². The molecule has 122 valence electrons. The minimum absolute atomic E-state index is 0.0238. The predicted octanol–water partition coefficient (Wildman–Crippen LogP) is 1.63. The zero-order valence-electron chi connectivity index (χ0n) is 13.3. The van der Waals surface area contributed by atoms with E-state index in [9.17, 15) is 14.7 Å². The summed E-state index contributed by atoms with van der Waals surface area (Å²) >= 11 is 0. The highest BCUT2D eigenvalue weighted by Gasteiger charge is 2.40. The second kappa shape index (κ2) is 7.64. The summed E-state index contributed by atoms with van der Waals surface area (Å²) in [6, 6.07) is -0.0446. The SMILES string of the molecule is CCN(CCCO)C(=O)N1CCCC(C(C)(C)C(=O)O)C1. The molecule has 1 fully saturated rings. The van der Waals surface area contributed by atoms with E-state index in [1.165, 1.54) is 0 Å². The Labute approximate surface area is 126 Å². The first-order valence-corrected chi connectivity index (χ1v) is 7.72. The van der Waals surface area contributed by atoms with Gasteiger partial charge in [0.05, 0.1) is 5.41 Å². The first kappa shape index (κ1) is 17.8. The van der Waals surface area contributed by atoms with E-state index in [4.69, 9.17) is 5.11 Å². The average Bonchev–Trinajstić information content (AvgIpc) is 2.47. The molecule has 1 heterocycles. The zero-order chi connectivity index (χ0) is 16.0. The van der Waals surface area contributed by atoms with Crippen LogP contribution >= 0.6 is 0 Å². The number of nitrogens with zero attached hydrogens (tertiary/aromatic N) is 2. The van der Waals surface area contributed by atoms with Crippen molar-refractivity contribution >= 4 is 12.0 Å². The van der Waals surface area contributed by atoms with Gasteiger partial charge in [-0.25, -0.2) is 4.79 Å². The van der Waals surface area contributed by atoms with Gasteiger partial charge in [0.2, 0.25) is 0 Å². The molecule has 0 aromatic carbocycles. The minimum Gasteiger partial charge on any atom is -0.481 e. The van der Waals surface area contributed by atoms with Crippen molar-refractivity contribution < 1.29 is 19.8 Å². The maximum absolute atomic E-state index is 12.5. The number of carbonyl (C=O) groups excluding carboxylic acids is 1. The highest BCUT2D eigenvalue weighted by atomic mass is 16.4. The van der Waals surface area contributed by atoms with Crippen LogP contribution in [0.15, 0.2) is 0 Å². The molecule has 1 saturated heterocycles. The molecule has 6 heteroatoms. The molecule has 1 aliphatic rings. The lowest BCUT2D eigenvalue weighted by atomic mass is 9.74. The van der Waals surface area contributed by atoms with Gasteiger partial charge in [0, 0.05) is 32.8 Å². The van der Waals surface area contributed by atoms with Crippen molar-refractivity contribution in [1.29, 1.82) is 0 Å². The van der Waals surface area contributed by atoms with Gasteiger partial charge in [0.15, 0.2) is 0 Å². The summed E-state index contributed by atoms with van der Waals surface area (Å²) in [5.41, 5.74) is -0.818. The Morgan fingerprint density at radius 2 is 2.05 bits per heavy atom. The van der Waals surface area contributed by atoms with E-state index in [2.05, 4.69) is 0 Å². The fourth-order valence-corrected chi connectivity index (χ4v) is 2.77. The highest BCUT2D eigenvalue weighted by molar-refractivity contribution is 5.76. The van der Waals surface area contributed by atoms with Gasteiger partial charge >= 0.3 is 12.0 Å². The first-order valence-electron chi connectivity index (χ1n) is 7.72. The van der Waals surface area contributed by atoms with Gasteiger partial charge in [-0.3, -0.25) is 4.79 Å². The number of amides is 2. The van der Waals surface area contributed by atoms with Crippen molar-refractivity contribution in [2.75, 3.05) is 32.8 Å². The minimum atomic E-state index is -0.818. The van der Waals surface area contributed by atoms with Gasteiger partial charge in [-0.15, -0.1) is 0 Å². The number of carboxylic acid groups (broad SMARTS) is 1. The van der Waals surface area contributed by atoms with E-state index in [0.29, 0.717) is 32.6 Å². The number of likely N-dealkylation sites (tertiary alicyclic amines) is 1. The monoisotopic (exact) mass is 300 g/mol. The maximum atomic E-state index is 12.5. The Kier molecular flexibility index (Phi) is 6.45. The van der Waals surface area contributed by atoms with E-state index in [1.54, 1.807) is 23.6 Å². The normalized spacial score (nSPS) is 19.4. The third kappa shape index (κ3) is 4.33. The number of hydrogen-bond acceptors (Lipinski definition) is 3. The highest BCUT2D eigenvalue weighted by Crippen LogP contribution is 2.34. The fraction of sp³-hybridized carbons (Fsp3) is 0.867. The standard InChI is InChI=1S/C15H28N2O4/c1-4-16(9-6-10-18)14(21)17-8-5-7-12(11-17)15(2,3)13(19)20/h12,18H,4-11H2,1-3H3,(H,19,20). The van der Waals surface area contributed by atoms with Gasteiger partial charge in [-0.05, 0) is 46.0 Å². The maximum Gasteiger partial charge on any atom is 0.319 e. The summed E-state index contributed by atoms with van der Waals surface area (Å²) in [7, 11) is 0. The largest absolute Gasteiger partial charge is 0.481 e. The van der Waals surface area contributed by atoms with Crippen molar-refractivity contribution in [2.45, 2.75) is 40.0 Å². The molecule has 0 aliphatic carbocycles. The number of rotatable bonds is 6. The van der Waals surface area contributed by atoms with Crippen LogP contribution in [0.4, 0.5) is 4.79 Å². The van der Waals surface area contributed by atoms with E-state index < -0.39 is 11.4 Å². The molecule has 0 radical (unpaired) electrons. The van der Waals surface area contributed by atoms with Gasteiger partial charge in [0.25, 0.3) is 0 Å². The summed E-state index contributed by atoms with van der Waals surface area (Å²) < 4.78 is 0. The molecule has 1 rings (SSSR count). The van der Waals surface area contributed by atoms with Crippen LogP contribution in [-0.4, -0.2) is 64.8 Å².